The molecule has 2 heterocycles. The van der Waals surface area contributed by atoms with Crippen molar-refractivity contribution in [3.63, 3.8) is 0 Å². The van der Waals surface area contributed by atoms with Crippen LogP contribution in [0.15, 0.2) is 23.4 Å². The van der Waals surface area contributed by atoms with Gasteiger partial charge in [0, 0.05) is 25.5 Å². The third kappa shape index (κ3) is 2.91. The standard InChI is InChI=1S/C14H20N4O3/c1-5-21-13(19)11-8-15-16(4)12(11)9-17-6-7-18(10(2)3)14(17)20/h6-8,10H,5,9H2,1-4H3. The predicted molar refractivity (Wildman–Crippen MR) is 77.3 cm³/mol. The van der Waals surface area contributed by atoms with Crippen molar-refractivity contribution in [3.8, 4) is 0 Å². The Morgan fingerprint density at radius 1 is 1.38 bits per heavy atom. The minimum absolute atomic E-state index is 0.0924. The van der Waals surface area contributed by atoms with Crippen LogP contribution in [0.25, 0.3) is 0 Å². The van der Waals surface area contributed by atoms with Gasteiger partial charge in [-0.05, 0) is 20.8 Å². The highest BCUT2D eigenvalue weighted by molar-refractivity contribution is 5.90. The quantitative estimate of drug-likeness (QED) is 0.776. The molecule has 2 rings (SSSR count). The number of nitrogens with zero attached hydrogens (tertiary/aromatic N) is 4. The second kappa shape index (κ2) is 5.99. The fourth-order valence-corrected chi connectivity index (χ4v) is 2.13. The molecule has 0 unspecified atom stereocenters. The highest BCUT2D eigenvalue weighted by atomic mass is 16.5. The van der Waals surface area contributed by atoms with Gasteiger partial charge in [-0.15, -0.1) is 0 Å². The number of aryl methyl sites for hydroxylation is 1. The van der Waals surface area contributed by atoms with Gasteiger partial charge in [0.05, 0.1) is 25.0 Å². The first-order valence-corrected chi connectivity index (χ1v) is 6.91. The van der Waals surface area contributed by atoms with E-state index in [9.17, 15) is 9.59 Å². The summed E-state index contributed by atoms with van der Waals surface area (Å²) in [5.74, 6) is -0.419. The zero-order valence-electron chi connectivity index (χ0n) is 12.7. The molecule has 0 amide bonds. The molecule has 7 nitrogen and oxygen atoms in total. The van der Waals surface area contributed by atoms with Crippen molar-refractivity contribution in [2.45, 2.75) is 33.4 Å². The Morgan fingerprint density at radius 2 is 2.10 bits per heavy atom. The smallest absolute Gasteiger partial charge is 0.341 e. The number of carbonyl (C=O) groups excluding carboxylic acids is 1. The van der Waals surface area contributed by atoms with Crippen LogP contribution < -0.4 is 5.69 Å². The lowest BCUT2D eigenvalue weighted by Crippen LogP contribution is -2.26. The van der Waals surface area contributed by atoms with Gasteiger partial charge >= 0.3 is 11.7 Å². The van der Waals surface area contributed by atoms with Gasteiger partial charge in [-0.2, -0.15) is 5.10 Å². The molecular weight excluding hydrogens is 272 g/mol. The van der Waals surface area contributed by atoms with Crippen LogP contribution in [-0.4, -0.2) is 31.5 Å². The number of carbonyl (C=O) groups is 1. The number of imidazole rings is 1. The van der Waals surface area contributed by atoms with E-state index in [1.165, 1.54) is 6.20 Å². The van der Waals surface area contributed by atoms with Gasteiger partial charge in [-0.3, -0.25) is 13.8 Å². The molecule has 0 aliphatic heterocycles. The summed E-state index contributed by atoms with van der Waals surface area (Å²) in [4.78, 5) is 24.1. The van der Waals surface area contributed by atoms with Crippen molar-refractivity contribution < 1.29 is 9.53 Å². The minimum atomic E-state index is -0.419. The van der Waals surface area contributed by atoms with E-state index in [1.54, 1.807) is 40.2 Å². The Labute approximate surface area is 122 Å². The van der Waals surface area contributed by atoms with Gasteiger partial charge in [-0.1, -0.05) is 0 Å². The van der Waals surface area contributed by atoms with Crippen molar-refractivity contribution in [1.29, 1.82) is 0 Å². The van der Waals surface area contributed by atoms with Crippen LogP contribution in [-0.2, 0) is 18.3 Å². The Bertz CT molecular complexity index is 693. The van der Waals surface area contributed by atoms with E-state index in [-0.39, 0.29) is 18.3 Å². The lowest BCUT2D eigenvalue weighted by atomic mass is 10.2. The first-order chi connectivity index (χ1) is 9.95. The lowest BCUT2D eigenvalue weighted by molar-refractivity contribution is 0.0524. The number of hydrogen-bond donors (Lipinski definition) is 0. The number of aromatic nitrogens is 4. The fourth-order valence-electron chi connectivity index (χ4n) is 2.13. The Kier molecular flexibility index (Phi) is 4.30. The summed E-state index contributed by atoms with van der Waals surface area (Å²) in [6.07, 6.45) is 4.93. The van der Waals surface area contributed by atoms with Gasteiger partial charge in [0.15, 0.2) is 0 Å². The van der Waals surface area contributed by atoms with Crippen LogP contribution in [0.5, 0.6) is 0 Å². The summed E-state index contributed by atoms with van der Waals surface area (Å²) >= 11 is 0. The first kappa shape index (κ1) is 15.1. The van der Waals surface area contributed by atoms with E-state index in [2.05, 4.69) is 5.10 Å². The molecule has 114 valence electrons. The molecule has 2 aromatic rings. The van der Waals surface area contributed by atoms with Crippen molar-refractivity contribution in [3.05, 3.63) is 40.3 Å². The maximum atomic E-state index is 12.2. The highest BCUT2D eigenvalue weighted by Crippen LogP contribution is 2.11. The second-order valence-electron chi connectivity index (χ2n) is 5.06. The molecule has 0 aliphatic carbocycles. The maximum absolute atomic E-state index is 12.2. The van der Waals surface area contributed by atoms with Crippen LogP contribution in [0.2, 0.25) is 0 Å². The van der Waals surface area contributed by atoms with E-state index >= 15 is 0 Å². The zero-order chi connectivity index (χ0) is 15.6. The van der Waals surface area contributed by atoms with Gasteiger partial charge in [0.25, 0.3) is 0 Å². The summed E-state index contributed by atoms with van der Waals surface area (Å²) in [5.41, 5.74) is 0.932. The van der Waals surface area contributed by atoms with Crippen molar-refractivity contribution in [2.75, 3.05) is 6.61 Å². The van der Waals surface area contributed by atoms with Crippen molar-refractivity contribution in [1.82, 2.24) is 18.9 Å². The molecular formula is C14H20N4O3. The van der Waals surface area contributed by atoms with Crippen LogP contribution in [0, 0.1) is 0 Å². The van der Waals surface area contributed by atoms with Gasteiger partial charge in [0.1, 0.15) is 5.56 Å². The molecule has 0 saturated carbocycles. The lowest BCUT2D eigenvalue weighted by Gasteiger charge is -2.07. The zero-order valence-corrected chi connectivity index (χ0v) is 12.7. The van der Waals surface area contributed by atoms with E-state index in [1.807, 2.05) is 13.8 Å². The normalized spacial score (nSPS) is 11.1. The third-order valence-corrected chi connectivity index (χ3v) is 3.31. The van der Waals surface area contributed by atoms with Gasteiger partial charge in [0.2, 0.25) is 0 Å². The van der Waals surface area contributed by atoms with E-state index in [0.29, 0.717) is 17.9 Å². The van der Waals surface area contributed by atoms with Crippen LogP contribution >= 0.6 is 0 Å². The Balaban J connectivity index is 2.34. The predicted octanol–water partition coefficient (Wildman–Crippen LogP) is 1.19. The monoisotopic (exact) mass is 292 g/mol. The summed E-state index contributed by atoms with van der Waals surface area (Å²) in [5, 5.41) is 4.08. The number of ether oxygens (including phenoxy) is 1. The van der Waals surface area contributed by atoms with Crippen molar-refractivity contribution >= 4 is 5.97 Å². The molecule has 2 aromatic heterocycles. The third-order valence-electron chi connectivity index (χ3n) is 3.31. The summed E-state index contributed by atoms with van der Waals surface area (Å²) < 4.78 is 9.79. The molecule has 0 spiro atoms. The first-order valence-electron chi connectivity index (χ1n) is 6.91. The maximum Gasteiger partial charge on any atom is 0.341 e. The molecule has 0 N–H and O–H groups in total. The SMILES string of the molecule is CCOC(=O)c1cnn(C)c1Cn1ccn(C(C)C)c1=O. The molecule has 0 atom stereocenters. The minimum Gasteiger partial charge on any atom is -0.462 e. The number of rotatable bonds is 5. The summed E-state index contributed by atoms with van der Waals surface area (Å²) in [6.45, 7) is 6.22. The van der Waals surface area contributed by atoms with Crippen LogP contribution in [0.3, 0.4) is 0 Å². The summed E-state index contributed by atoms with van der Waals surface area (Å²) in [7, 11) is 1.74. The highest BCUT2D eigenvalue weighted by Gasteiger charge is 2.18. The topological polar surface area (TPSA) is 71.0 Å². The Morgan fingerprint density at radius 3 is 2.67 bits per heavy atom. The van der Waals surface area contributed by atoms with Crippen LogP contribution in [0.4, 0.5) is 0 Å². The van der Waals surface area contributed by atoms with E-state index < -0.39 is 5.97 Å². The van der Waals surface area contributed by atoms with Crippen LogP contribution in [0.1, 0.15) is 42.9 Å². The number of esters is 1. The van der Waals surface area contributed by atoms with E-state index in [0.717, 1.165) is 0 Å². The van der Waals surface area contributed by atoms with Gasteiger partial charge < -0.3 is 4.74 Å². The molecule has 0 aromatic carbocycles. The molecule has 0 radical (unpaired) electrons. The van der Waals surface area contributed by atoms with Crippen molar-refractivity contribution in [2.24, 2.45) is 7.05 Å². The molecule has 0 bridgehead atoms. The summed E-state index contributed by atoms with van der Waals surface area (Å²) in [6, 6.07) is 0.0924. The number of hydrogen-bond acceptors (Lipinski definition) is 4. The molecule has 0 saturated heterocycles. The molecule has 0 aliphatic rings. The molecule has 7 heteroatoms. The average molecular weight is 292 g/mol. The Hall–Kier alpha value is -2.31. The van der Waals surface area contributed by atoms with E-state index in [4.69, 9.17) is 4.74 Å². The molecule has 21 heavy (non-hydrogen) atoms. The van der Waals surface area contributed by atoms with Gasteiger partial charge in [-0.25, -0.2) is 9.59 Å². The fraction of sp³-hybridized carbons (Fsp3) is 0.500. The largest absolute Gasteiger partial charge is 0.462 e. The second-order valence-corrected chi connectivity index (χ2v) is 5.06. The average Bonchev–Trinajstić information content (AvgIpc) is 2.96. The molecule has 0 fully saturated rings.